The van der Waals surface area contributed by atoms with E-state index in [4.69, 9.17) is 0 Å². The van der Waals surface area contributed by atoms with Gasteiger partial charge in [-0.15, -0.1) is 0 Å². The molecule has 4 heteroatoms. The van der Waals surface area contributed by atoms with Gasteiger partial charge in [0.1, 0.15) is 0 Å². The lowest BCUT2D eigenvalue weighted by Crippen LogP contribution is -2.31. The molecule has 2 amide bonds. The van der Waals surface area contributed by atoms with Crippen LogP contribution in [0.1, 0.15) is 23.1 Å². The SMILES string of the molecule is CN1C(=O)CCc2cc(CC(=O)NCCc3ccccc3)ccc21. The van der Waals surface area contributed by atoms with Crippen LogP contribution in [0.5, 0.6) is 0 Å². The van der Waals surface area contributed by atoms with Crippen molar-refractivity contribution in [1.29, 1.82) is 0 Å². The van der Waals surface area contributed by atoms with Crippen molar-refractivity contribution in [2.24, 2.45) is 0 Å². The molecule has 3 rings (SSSR count). The van der Waals surface area contributed by atoms with Crippen LogP contribution in [-0.2, 0) is 28.9 Å². The number of aryl methyl sites for hydroxylation is 1. The normalized spacial score (nSPS) is 13.5. The lowest BCUT2D eigenvalue weighted by Gasteiger charge is -2.26. The van der Waals surface area contributed by atoms with Crippen LogP contribution >= 0.6 is 0 Å². The second kappa shape index (κ2) is 7.30. The maximum atomic E-state index is 12.1. The minimum atomic E-state index is 0.0334. The van der Waals surface area contributed by atoms with Gasteiger partial charge in [-0.05, 0) is 35.6 Å². The number of carbonyl (C=O) groups is 2. The van der Waals surface area contributed by atoms with Crippen LogP contribution in [0.25, 0.3) is 0 Å². The predicted molar refractivity (Wildman–Crippen MR) is 95.0 cm³/mol. The Morgan fingerprint density at radius 2 is 1.88 bits per heavy atom. The molecule has 4 nitrogen and oxygen atoms in total. The molecule has 1 N–H and O–H groups in total. The van der Waals surface area contributed by atoms with Gasteiger partial charge in [0.15, 0.2) is 0 Å². The first-order chi connectivity index (χ1) is 11.6. The minimum Gasteiger partial charge on any atom is -0.355 e. The molecular weight excluding hydrogens is 300 g/mol. The Morgan fingerprint density at radius 1 is 1.08 bits per heavy atom. The van der Waals surface area contributed by atoms with Crippen LogP contribution in [-0.4, -0.2) is 25.4 Å². The molecule has 0 spiro atoms. The van der Waals surface area contributed by atoms with Crippen LogP contribution in [0.15, 0.2) is 48.5 Å². The molecule has 0 saturated heterocycles. The van der Waals surface area contributed by atoms with Crippen LogP contribution in [0.4, 0.5) is 5.69 Å². The molecular formula is C20H22N2O2. The zero-order valence-corrected chi connectivity index (χ0v) is 13.9. The zero-order valence-electron chi connectivity index (χ0n) is 13.9. The predicted octanol–water partition coefficient (Wildman–Crippen LogP) is 2.50. The third-order valence-electron chi connectivity index (χ3n) is 4.43. The number of nitrogens with one attached hydrogen (secondary N) is 1. The highest BCUT2D eigenvalue weighted by molar-refractivity contribution is 5.96. The molecule has 0 aromatic heterocycles. The molecule has 0 atom stereocenters. The number of hydrogen-bond donors (Lipinski definition) is 1. The van der Waals surface area contributed by atoms with E-state index in [1.807, 2.05) is 30.3 Å². The molecule has 0 fully saturated rings. The topological polar surface area (TPSA) is 49.4 Å². The molecule has 1 aliphatic heterocycles. The van der Waals surface area contributed by atoms with Gasteiger partial charge in [-0.1, -0.05) is 42.5 Å². The Hall–Kier alpha value is -2.62. The van der Waals surface area contributed by atoms with E-state index in [1.54, 1.807) is 11.9 Å². The number of nitrogens with zero attached hydrogens (tertiary/aromatic N) is 1. The molecule has 0 radical (unpaired) electrons. The molecule has 2 aromatic rings. The van der Waals surface area contributed by atoms with E-state index in [0.29, 0.717) is 19.4 Å². The average Bonchev–Trinajstić information content (AvgIpc) is 2.59. The highest BCUT2D eigenvalue weighted by Gasteiger charge is 2.20. The lowest BCUT2D eigenvalue weighted by atomic mass is 9.98. The summed E-state index contributed by atoms with van der Waals surface area (Å²) in [4.78, 5) is 25.5. The first-order valence-electron chi connectivity index (χ1n) is 8.32. The van der Waals surface area contributed by atoms with Gasteiger partial charge in [0.05, 0.1) is 6.42 Å². The molecule has 1 heterocycles. The third-order valence-corrected chi connectivity index (χ3v) is 4.43. The van der Waals surface area contributed by atoms with E-state index in [-0.39, 0.29) is 11.8 Å². The van der Waals surface area contributed by atoms with Crippen LogP contribution < -0.4 is 10.2 Å². The minimum absolute atomic E-state index is 0.0334. The summed E-state index contributed by atoms with van der Waals surface area (Å²) in [7, 11) is 1.80. The van der Waals surface area contributed by atoms with Gasteiger partial charge in [0, 0.05) is 25.7 Å². The van der Waals surface area contributed by atoms with Gasteiger partial charge in [0.2, 0.25) is 11.8 Å². The van der Waals surface area contributed by atoms with Gasteiger partial charge in [-0.2, -0.15) is 0 Å². The molecule has 0 saturated carbocycles. The Kier molecular flexibility index (Phi) is 4.94. The molecule has 0 bridgehead atoms. The van der Waals surface area contributed by atoms with E-state index in [0.717, 1.165) is 29.7 Å². The average molecular weight is 322 g/mol. The van der Waals surface area contributed by atoms with Gasteiger partial charge in [-0.3, -0.25) is 9.59 Å². The Balaban J connectivity index is 1.54. The molecule has 0 unspecified atom stereocenters. The monoisotopic (exact) mass is 322 g/mol. The number of rotatable bonds is 5. The van der Waals surface area contributed by atoms with Crippen molar-refractivity contribution >= 4 is 17.5 Å². The quantitative estimate of drug-likeness (QED) is 0.919. The number of fused-ring (bicyclic) bond motifs is 1. The summed E-state index contributed by atoms with van der Waals surface area (Å²) < 4.78 is 0. The van der Waals surface area contributed by atoms with Gasteiger partial charge in [-0.25, -0.2) is 0 Å². The van der Waals surface area contributed by atoms with Gasteiger partial charge in [0.25, 0.3) is 0 Å². The van der Waals surface area contributed by atoms with Crippen LogP contribution in [0.2, 0.25) is 0 Å². The van der Waals surface area contributed by atoms with E-state index in [1.165, 1.54) is 5.56 Å². The number of amides is 2. The van der Waals surface area contributed by atoms with Crippen molar-refractivity contribution in [2.75, 3.05) is 18.5 Å². The van der Waals surface area contributed by atoms with Crippen molar-refractivity contribution < 1.29 is 9.59 Å². The van der Waals surface area contributed by atoms with Crippen LogP contribution in [0, 0.1) is 0 Å². The maximum absolute atomic E-state index is 12.1. The maximum Gasteiger partial charge on any atom is 0.227 e. The largest absolute Gasteiger partial charge is 0.355 e. The van der Waals surface area contributed by atoms with E-state index < -0.39 is 0 Å². The van der Waals surface area contributed by atoms with E-state index in [2.05, 4.69) is 23.5 Å². The number of anilines is 1. The summed E-state index contributed by atoms with van der Waals surface area (Å²) in [6.45, 7) is 0.644. The summed E-state index contributed by atoms with van der Waals surface area (Å²) in [5.74, 6) is 0.181. The smallest absolute Gasteiger partial charge is 0.227 e. The van der Waals surface area contributed by atoms with Crippen molar-refractivity contribution in [2.45, 2.75) is 25.7 Å². The highest BCUT2D eigenvalue weighted by Crippen LogP contribution is 2.27. The highest BCUT2D eigenvalue weighted by atomic mass is 16.2. The zero-order chi connectivity index (χ0) is 16.9. The summed E-state index contributed by atoms with van der Waals surface area (Å²) in [6, 6.07) is 16.1. The Labute approximate surface area is 142 Å². The summed E-state index contributed by atoms with van der Waals surface area (Å²) >= 11 is 0. The summed E-state index contributed by atoms with van der Waals surface area (Å²) in [6.07, 6.45) is 2.50. The Morgan fingerprint density at radius 3 is 2.67 bits per heavy atom. The second-order valence-electron chi connectivity index (χ2n) is 6.18. The standard InChI is InChI=1S/C20H22N2O2/c1-22-18-9-7-16(13-17(18)8-10-20(22)24)14-19(23)21-12-11-15-5-3-2-4-6-15/h2-7,9,13H,8,10-12,14H2,1H3,(H,21,23). The summed E-state index contributed by atoms with van der Waals surface area (Å²) in [5.41, 5.74) is 4.32. The van der Waals surface area contributed by atoms with Crippen molar-refractivity contribution in [1.82, 2.24) is 5.32 Å². The fraction of sp³-hybridized carbons (Fsp3) is 0.300. The third kappa shape index (κ3) is 3.82. The van der Waals surface area contributed by atoms with Crippen molar-refractivity contribution in [3.05, 3.63) is 65.2 Å². The fourth-order valence-electron chi connectivity index (χ4n) is 3.06. The second-order valence-corrected chi connectivity index (χ2v) is 6.18. The molecule has 1 aliphatic rings. The first-order valence-corrected chi connectivity index (χ1v) is 8.32. The van der Waals surface area contributed by atoms with Crippen molar-refractivity contribution in [3.63, 3.8) is 0 Å². The number of benzene rings is 2. The first kappa shape index (κ1) is 16.2. The lowest BCUT2D eigenvalue weighted by molar-refractivity contribution is -0.120. The molecule has 0 aliphatic carbocycles. The van der Waals surface area contributed by atoms with Crippen LogP contribution in [0.3, 0.4) is 0 Å². The van der Waals surface area contributed by atoms with Gasteiger partial charge >= 0.3 is 0 Å². The van der Waals surface area contributed by atoms with Crippen molar-refractivity contribution in [3.8, 4) is 0 Å². The van der Waals surface area contributed by atoms with E-state index >= 15 is 0 Å². The molecule has 24 heavy (non-hydrogen) atoms. The van der Waals surface area contributed by atoms with E-state index in [9.17, 15) is 9.59 Å². The summed E-state index contributed by atoms with van der Waals surface area (Å²) in [5, 5.41) is 2.97. The Bertz CT molecular complexity index is 741. The molecule has 2 aromatic carbocycles. The fourth-order valence-corrected chi connectivity index (χ4v) is 3.06. The molecule has 124 valence electrons. The number of carbonyl (C=O) groups excluding carboxylic acids is 2. The number of hydrogen-bond acceptors (Lipinski definition) is 2. The van der Waals surface area contributed by atoms with Gasteiger partial charge < -0.3 is 10.2 Å².